The van der Waals surface area contributed by atoms with Crippen molar-refractivity contribution in [2.45, 2.75) is 110 Å². The summed E-state index contributed by atoms with van der Waals surface area (Å²) in [6.07, 6.45) is 15.6. The van der Waals surface area contributed by atoms with Gasteiger partial charge in [0, 0.05) is 5.97 Å². The molecule has 0 bridgehead atoms. The van der Waals surface area contributed by atoms with Crippen LogP contribution in [0, 0.1) is 0 Å². The number of carboxylic acid groups (broad SMARTS) is 2. The van der Waals surface area contributed by atoms with Crippen LogP contribution in [0.1, 0.15) is 104 Å². The number of carbonyl (C=O) groups excluding carboxylic acids is 2. The van der Waals surface area contributed by atoms with Gasteiger partial charge in [0.2, 0.25) is 0 Å². The Bertz CT molecular complexity index is 304. The third kappa shape index (κ3) is 45.8. The van der Waals surface area contributed by atoms with Crippen molar-refractivity contribution in [2.75, 3.05) is 0 Å². The summed E-state index contributed by atoms with van der Waals surface area (Å²) in [4.78, 5) is 19.5. The number of carboxylic acids is 2. The van der Waals surface area contributed by atoms with Gasteiger partial charge in [-0.3, -0.25) is 0 Å². The Morgan fingerprint density at radius 2 is 0.964 bits per heavy atom. The summed E-state index contributed by atoms with van der Waals surface area (Å²) in [5, 5.41) is 27.5. The second kappa shape index (κ2) is 35.8. The molecule has 1 unspecified atom stereocenters. The summed E-state index contributed by atoms with van der Waals surface area (Å²) in [6.45, 7) is 3.39. The first-order valence-electron chi connectivity index (χ1n) is 9.50. The molecule has 0 aliphatic heterocycles. The minimum Gasteiger partial charge on any atom is -0.550 e. The zero-order valence-electron chi connectivity index (χ0n) is 18.0. The van der Waals surface area contributed by atoms with Crippen LogP contribution in [-0.2, 0) is 9.59 Å². The number of aliphatic carboxylic acids is 2. The molecule has 1 atom stereocenters. The van der Waals surface area contributed by atoms with Crippen molar-refractivity contribution in [2.24, 2.45) is 0 Å². The quantitative estimate of drug-likeness (QED) is 0.266. The van der Waals surface area contributed by atoms with Gasteiger partial charge in [0.05, 0.1) is 12.1 Å². The number of hydrogen-bond acceptors (Lipinski definition) is 5. The number of aliphatic hydroxyl groups excluding tert-OH is 1. The maximum Gasteiger partial charge on any atom is 2.00 e. The summed E-state index contributed by atoms with van der Waals surface area (Å²) in [5.41, 5.74) is 0. The van der Waals surface area contributed by atoms with E-state index in [1.807, 2.05) is 0 Å². The molecule has 9 heteroatoms. The molecule has 0 spiro atoms. The number of hydrogen-bond donors (Lipinski definition) is 1. The minimum absolute atomic E-state index is 0. The Morgan fingerprint density at radius 3 is 1.18 bits per heavy atom. The Labute approximate surface area is 230 Å². The SMILES string of the molecule is CC(O)C(=O)[O-].CCCCCCCCCCCCCCCC(=O)[O-].O.O.[Ca+2].[Ca+2]. The van der Waals surface area contributed by atoms with Gasteiger partial charge < -0.3 is 35.9 Å². The molecule has 28 heavy (non-hydrogen) atoms. The van der Waals surface area contributed by atoms with Crippen LogP contribution in [0.4, 0.5) is 0 Å². The summed E-state index contributed by atoms with van der Waals surface area (Å²) in [6, 6.07) is 0. The van der Waals surface area contributed by atoms with E-state index in [2.05, 4.69) is 6.92 Å². The van der Waals surface area contributed by atoms with Gasteiger partial charge in [-0.15, -0.1) is 0 Å². The van der Waals surface area contributed by atoms with Gasteiger partial charge in [0.25, 0.3) is 0 Å². The molecule has 0 heterocycles. The first-order valence-corrected chi connectivity index (χ1v) is 9.50. The average molecular weight is 461 g/mol. The standard InChI is InChI=1S/C16H32O2.C3H6O3.2Ca.2H2O/c1-2-3-4-5-6-7-8-9-10-11-12-13-14-15-16(17)18;1-2(4)3(5)6;;;;/h2-15H2,1H3,(H,17,18);2,4H,1H3,(H,5,6);;;2*1H2/q;;2*+2;;/p-2. The molecule has 7 nitrogen and oxygen atoms in total. The molecule has 0 amide bonds. The number of unbranched alkanes of at least 4 members (excludes halogenated alkanes) is 12. The van der Waals surface area contributed by atoms with Crippen LogP contribution in [0.5, 0.6) is 0 Å². The second-order valence-electron chi connectivity index (χ2n) is 6.36. The maximum absolute atomic E-state index is 10.2. The summed E-state index contributed by atoms with van der Waals surface area (Å²) in [7, 11) is 0. The largest absolute Gasteiger partial charge is 2.00 e. The van der Waals surface area contributed by atoms with Gasteiger partial charge in [-0.25, -0.2) is 0 Å². The molecule has 0 rings (SSSR count). The summed E-state index contributed by atoms with van der Waals surface area (Å²) >= 11 is 0. The molecule has 0 aromatic heterocycles. The monoisotopic (exact) mass is 460 g/mol. The van der Waals surface area contributed by atoms with E-state index in [-0.39, 0.29) is 92.8 Å². The van der Waals surface area contributed by atoms with E-state index in [9.17, 15) is 19.8 Å². The van der Waals surface area contributed by atoms with Crippen molar-refractivity contribution in [1.82, 2.24) is 0 Å². The molecular formula is C19H40Ca2O7+2. The van der Waals surface area contributed by atoms with E-state index in [1.165, 1.54) is 70.6 Å². The molecule has 0 saturated heterocycles. The van der Waals surface area contributed by atoms with Crippen LogP contribution in [-0.4, -0.2) is 110 Å². The third-order valence-corrected chi connectivity index (χ3v) is 3.83. The molecular weight excluding hydrogens is 420 g/mol. The van der Waals surface area contributed by atoms with Crippen molar-refractivity contribution < 1.29 is 35.9 Å². The Morgan fingerprint density at radius 1 is 0.714 bits per heavy atom. The van der Waals surface area contributed by atoms with E-state index in [0.717, 1.165) is 19.8 Å². The Balaban J connectivity index is -0.000000106. The first kappa shape index (κ1) is 43.3. The average Bonchev–Trinajstić information content (AvgIpc) is 2.52. The Kier molecular flexibility index (Phi) is 55.2. The fraction of sp³-hybridized carbons (Fsp3) is 0.895. The van der Waals surface area contributed by atoms with Crippen LogP contribution in [0.2, 0.25) is 0 Å². The van der Waals surface area contributed by atoms with Gasteiger partial charge in [0.15, 0.2) is 0 Å². The van der Waals surface area contributed by atoms with E-state index in [1.54, 1.807) is 0 Å². The number of carbonyl (C=O) groups is 2. The number of rotatable bonds is 15. The first-order chi connectivity index (χ1) is 11.4. The minimum atomic E-state index is -1.44. The fourth-order valence-corrected chi connectivity index (χ4v) is 2.29. The Hall–Kier alpha value is 1.34. The summed E-state index contributed by atoms with van der Waals surface area (Å²) in [5.74, 6) is -2.34. The molecule has 0 aromatic carbocycles. The molecule has 5 N–H and O–H groups in total. The molecule has 0 saturated carbocycles. The van der Waals surface area contributed by atoms with Crippen molar-refractivity contribution >= 4 is 87.4 Å². The summed E-state index contributed by atoms with van der Waals surface area (Å²) < 4.78 is 0. The molecule has 0 aromatic rings. The van der Waals surface area contributed by atoms with Crippen LogP contribution in [0.25, 0.3) is 0 Å². The van der Waals surface area contributed by atoms with Crippen molar-refractivity contribution in [3.05, 3.63) is 0 Å². The van der Waals surface area contributed by atoms with Gasteiger partial charge in [-0.2, -0.15) is 0 Å². The van der Waals surface area contributed by atoms with Gasteiger partial charge >= 0.3 is 75.5 Å². The van der Waals surface area contributed by atoms with Crippen molar-refractivity contribution in [1.29, 1.82) is 0 Å². The molecule has 160 valence electrons. The van der Waals surface area contributed by atoms with Gasteiger partial charge in [-0.05, 0) is 19.8 Å². The topological polar surface area (TPSA) is 163 Å². The predicted octanol–water partition coefficient (Wildman–Crippen LogP) is -0.0763. The van der Waals surface area contributed by atoms with E-state index in [4.69, 9.17) is 5.11 Å². The zero-order chi connectivity index (χ0) is 18.6. The molecule has 0 fully saturated rings. The molecule has 0 aliphatic carbocycles. The third-order valence-electron chi connectivity index (χ3n) is 3.83. The van der Waals surface area contributed by atoms with Crippen molar-refractivity contribution in [3.63, 3.8) is 0 Å². The van der Waals surface area contributed by atoms with Crippen LogP contribution < -0.4 is 10.2 Å². The number of aliphatic hydroxyl groups is 1. The van der Waals surface area contributed by atoms with Gasteiger partial charge in [-0.1, -0.05) is 84.0 Å². The van der Waals surface area contributed by atoms with Crippen LogP contribution >= 0.6 is 0 Å². The van der Waals surface area contributed by atoms with Crippen LogP contribution in [0.15, 0.2) is 0 Å². The van der Waals surface area contributed by atoms with Crippen LogP contribution in [0.3, 0.4) is 0 Å². The maximum atomic E-state index is 10.2. The van der Waals surface area contributed by atoms with E-state index < -0.39 is 18.0 Å². The normalized spacial score (nSPS) is 9.82. The fourth-order valence-electron chi connectivity index (χ4n) is 2.29. The molecule has 0 radical (unpaired) electrons. The van der Waals surface area contributed by atoms with E-state index in [0.29, 0.717) is 0 Å². The van der Waals surface area contributed by atoms with Crippen molar-refractivity contribution in [3.8, 4) is 0 Å². The van der Waals surface area contributed by atoms with Gasteiger partial charge in [0.1, 0.15) is 0 Å². The molecule has 0 aliphatic rings. The zero-order valence-corrected chi connectivity index (χ0v) is 22.4. The smallest absolute Gasteiger partial charge is 0.550 e. The van der Waals surface area contributed by atoms with E-state index >= 15 is 0 Å². The second-order valence-corrected chi connectivity index (χ2v) is 6.36. The predicted molar refractivity (Wildman–Crippen MR) is 111 cm³/mol.